The summed E-state index contributed by atoms with van der Waals surface area (Å²) < 4.78 is 12.6. The molecule has 0 saturated carbocycles. The first-order valence-electron chi connectivity index (χ1n) is 5.57. The van der Waals surface area contributed by atoms with E-state index < -0.39 is 5.82 Å². The van der Waals surface area contributed by atoms with E-state index in [4.69, 9.17) is 0 Å². The van der Waals surface area contributed by atoms with Crippen molar-refractivity contribution in [1.82, 2.24) is 9.97 Å². The molecule has 0 aromatic carbocycles. The van der Waals surface area contributed by atoms with Gasteiger partial charge in [0.25, 0.3) is 0 Å². The number of anilines is 1. The van der Waals surface area contributed by atoms with Crippen LogP contribution >= 0.6 is 0 Å². The van der Waals surface area contributed by atoms with E-state index in [0.29, 0.717) is 11.9 Å². The highest BCUT2D eigenvalue weighted by atomic mass is 19.1. The van der Waals surface area contributed by atoms with Gasteiger partial charge in [0, 0.05) is 13.1 Å². The lowest BCUT2D eigenvalue weighted by atomic mass is 9.92. The summed E-state index contributed by atoms with van der Waals surface area (Å²) in [5.74, 6) is 0.518. The van der Waals surface area contributed by atoms with E-state index in [1.165, 1.54) is 12.4 Å². The maximum atomic E-state index is 12.6. The number of nitrogens with zero attached hydrogens (tertiary/aromatic N) is 3. The monoisotopic (exact) mass is 225 g/mol. The molecule has 1 aromatic rings. The average molecular weight is 225 g/mol. The molecule has 1 N–H and O–H groups in total. The van der Waals surface area contributed by atoms with Gasteiger partial charge < -0.3 is 10.0 Å². The van der Waals surface area contributed by atoms with Gasteiger partial charge in [0.15, 0.2) is 5.82 Å². The van der Waals surface area contributed by atoms with Gasteiger partial charge in [0.1, 0.15) is 0 Å². The van der Waals surface area contributed by atoms with Crippen LogP contribution in [0.3, 0.4) is 0 Å². The molecule has 0 bridgehead atoms. The van der Waals surface area contributed by atoms with E-state index in [9.17, 15) is 9.50 Å². The molecule has 0 radical (unpaired) electrons. The van der Waals surface area contributed by atoms with E-state index >= 15 is 0 Å². The van der Waals surface area contributed by atoms with Gasteiger partial charge in [-0.25, -0.2) is 14.4 Å². The van der Waals surface area contributed by atoms with E-state index in [1.807, 2.05) is 11.8 Å². The Labute approximate surface area is 94.1 Å². The second-order valence-electron chi connectivity index (χ2n) is 4.27. The van der Waals surface area contributed by atoms with Crippen LogP contribution in [0.4, 0.5) is 10.3 Å². The molecule has 88 valence electrons. The number of aromatic nitrogens is 2. The van der Waals surface area contributed by atoms with E-state index in [1.54, 1.807) is 0 Å². The number of hydrogen-bond acceptors (Lipinski definition) is 4. The van der Waals surface area contributed by atoms with Crippen molar-refractivity contribution < 1.29 is 9.50 Å². The number of hydrogen-bond donors (Lipinski definition) is 1. The van der Waals surface area contributed by atoms with Crippen LogP contribution in [0.15, 0.2) is 12.4 Å². The predicted molar refractivity (Wildman–Crippen MR) is 58.6 cm³/mol. The second-order valence-corrected chi connectivity index (χ2v) is 4.27. The van der Waals surface area contributed by atoms with Gasteiger partial charge in [-0.3, -0.25) is 0 Å². The minimum atomic E-state index is -0.414. The summed E-state index contributed by atoms with van der Waals surface area (Å²) in [5, 5.41) is 9.47. The molecule has 1 aliphatic rings. The molecule has 1 atom stereocenters. The van der Waals surface area contributed by atoms with Gasteiger partial charge in [0.2, 0.25) is 5.95 Å². The van der Waals surface area contributed by atoms with Crippen LogP contribution in [0.5, 0.6) is 0 Å². The Hall–Kier alpha value is -1.23. The van der Waals surface area contributed by atoms with Crippen LogP contribution in [-0.2, 0) is 0 Å². The van der Waals surface area contributed by atoms with Gasteiger partial charge >= 0.3 is 0 Å². The number of aliphatic hydroxyl groups is 1. The Balaban J connectivity index is 1.96. The van der Waals surface area contributed by atoms with Crippen LogP contribution in [0.25, 0.3) is 0 Å². The molecule has 2 heterocycles. The van der Waals surface area contributed by atoms with Crippen LogP contribution < -0.4 is 4.90 Å². The fourth-order valence-electron chi connectivity index (χ4n) is 2.05. The summed E-state index contributed by atoms with van der Waals surface area (Å²) in [5.41, 5.74) is 0. The summed E-state index contributed by atoms with van der Waals surface area (Å²) in [6.07, 6.45) is 3.97. The zero-order chi connectivity index (χ0) is 11.5. The normalized spacial score (nSPS) is 19.8. The number of piperidine rings is 1. The molecule has 0 amide bonds. The number of rotatable bonds is 2. The third kappa shape index (κ3) is 2.47. The fraction of sp³-hybridized carbons (Fsp3) is 0.636. The topological polar surface area (TPSA) is 49.2 Å². The smallest absolute Gasteiger partial charge is 0.225 e. The van der Waals surface area contributed by atoms with Gasteiger partial charge in [0.05, 0.1) is 18.5 Å². The van der Waals surface area contributed by atoms with Crippen molar-refractivity contribution in [1.29, 1.82) is 0 Å². The standard InChI is InChI=1S/C11H16FN3O/c1-8(16)9-2-4-15(5-3-9)11-13-6-10(12)7-14-11/h6-9,16H,2-5H2,1H3. The maximum absolute atomic E-state index is 12.6. The minimum Gasteiger partial charge on any atom is -0.393 e. The van der Waals surface area contributed by atoms with Crippen molar-refractivity contribution in [2.75, 3.05) is 18.0 Å². The van der Waals surface area contributed by atoms with Crippen LogP contribution in [0, 0.1) is 11.7 Å². The van der Waals surface area contributed by atoms with Crippen molar-refractivity contribution in [3.63, 3.8) is 0 Å². The summed E-state index contributed by atoms with van der Waals surface area (Å²) in [7, 11) is 0. The molecule has 1 aromatic heterocycles. The molecule has 16 heavy (non-hydrogen) atoms. The van der Waals surface area contributed by atoms with Crippen LogP contribution in [0.2, 0.25) is 0 Å². The lowest BCUT2D eigenvalue weighted by molar-refractivity contribution is 0.109. The Morgan fingerprint density at radius 2 is 1.94 bits per heavy atom. The largest absolute Gasteiger partial charge is 0.393 e. The van der Waals surface area contributed by atoms with E-state index in [-0.39, 0.29) is 6.10 Å². The Morgan fingerprint density at radius 3 is 2.44 bits per heavy atom. The highest BCUT2D eigenvalue weighted by Gasteiger charge is 2.23. The van der Waals surface area contributed by atoms with Gasteiger partial charge in [-0.15, -0.1) is 0 Å². The maximum Gasteiger partial charge on any atom is 0.225 e. The van der Waals surface area contributed by atoms with Crippen molar-refractivity contribution in [2.24, 2.45) is 5.92 Å². The third-order valence-corrected chi connectivity index (χ3v) is 3.11. The molecule has 0 aliphatic carbocycles. The molecule has 5 heteroatoms. The predicted octanol–water partition coefficient (Wildman–Crippen LogP) is 1.21. The van der Waals surface area contributed by atoms with Crippen molar-refractivity contribution in [3.8, 4) is 0 Å². The highest BCUT2D eigenvalue weighted by molar-refractivity contribution is 5.29. The van der Waals surface area contributed by atoms with Crippen LogP contribution in [0.1, 0.15) is 19.8 Å². The van der Waals surface area contributed by atoms with Crippen molar-refractivity contribution in [2.45, 2.75) is 25.9 Å². The van der Waals surface area contributed by atoms with Crippen molar-refractivity contribution >= 4 is 5.95 Å². The molecule has 1 saturated heterocycles. The summed E-state index contributed by atoms with van der Waals surface area (Å²) in [4.78, 5) is 9.92. The number of halogens is 1. The number of aliphatic hydroxyl groups excluding tert-OH is 1. The molecule has 0 spiro atoms. The molecular formula is C11H16FN3O. The van der Waals surface area contributed by atoms with Gasteiger partial charge in [-0.1, -0.05) is 0 Å². The van der Waals surface area contributed by atoms with Crippen molar-refractivity contribution in [3.05, 3.63) is 18.2 Å². The highest BCUT2D eigenvalue weighted by Crippen LogP contribution is 2.22. The lowest BCUT2D eigenvalue weighted by Gasteiger charge is -2.33. The Morgan fingerprint density at radius 1 is 1.38 bits per heavy atom. The summed E-state index contributed by atoms with van der Waals surface area (Å²) in [6.45, 7) is 3.47. The first kappa shape index (κ1) is 11.3. The molecule has 4 nitrogen and oxygen atoms in total. The van der Waals surface area contributed by atoms with Crippen LogP contribution in [-0.4, -0.2) is 34.3 Å². The average Bonchev–Trinajstić information content (AvgIpc) is 2.30. The Bertz CT molecular complexity index is 334. The SMILES string of the molecule is CC(O)C1CCN(c2ncc(F)cn2)CC1. The quantitative estimate of drug-likeness (QED) is 0.822. The molecule has 2 rings (SSSR count). The zero-order valence-electron chi connectivity index (χ0n) is 9.30. The minimum absolute atomic E-state index is 0.253. The summed E-state index contributed by atoms with van der Waals surface area (Å²) in [6, 6.07) is 0. The first-order valence-corrected chi connectivity index (χ1v) is 5.57. The third-order valence-electron chi connectivity index (χ3n) is 3.11. The zero-order valence-corrected chi connectivity index (χ0v) is 9.30. The van der Waals surface area contributed by atoms with Gasteiger partial charge in [-0.2, -0.15) is 0 Å². The molecule has 1 fully saturated rings. The second kappa shape index (κ2) is 4.74. The first-order chi connectivity index (χ1) is 7.66. The lowest BCUT2D eigenvalue weighted by Crippen LogP contribution is -2.37. The molecule has 1 unspecified atom stereocenters. The van der Waals surface area contributed by atoms with E-state index in [0.717, 1.165) is 25.9 Å². The molecule has 1 aliphatic heterocycles. The Kier molecular flexibility index (Phi) is 3.33. The summed E-state index contributed by atoms with van der Waals surface area (Å²) >= 11 is 0. The fourth-order valence-corrected chi connectivity index (χ4v) is 2.05. The van der Waals surface area contributed by atoms with Gasteiger partial charge in [-0.05, 0) is 25.7 Å². The van der Waals surface area contributed by atoms with E-state index in [2.05, 4.69) is 9.97 Å². The molecular weight excluding hydrogens is 209 g/mol.